The molecule has 4 heterocycles. The summed E-state index contributed by atoms with van der Waals surface area (Å²) in [4.78, 5) is 24.8. The highest BCUT2D eigenvalue weighted by atomic mass is 35.5. The maximum Gasteiger partial charge on any atom is 0.260 e. The predicted molar refractivity (Wildman–Crippen MR) is 119 cm³/mol. The van der Waals surface area contributed by atoms with Gasteiger partial charge in [0, 0.05) is 47.6 Å². The molecule has 0 unspecified atom stereocenters. The molecule has 9 heteroatoms. The number of H-pyrrole nitrogens is 1. The van der Waals surface area contributed by atoms with Crippen molar-refractivity contribution in [1.29, 1.82) is 0 Å². The van der Waals surface area contributed by atoms with Crippen molar-refractivity contribution in [3.05, 3.63) is 74.9 Å². The topological polar surface area (TPSA) is 85.7 Å². The Hall–Kier alpha value is -3.10. The highest BCUT2D eigenvalue weighted by Crippen LogP contribution is 2.38. The minimum Gasteiger partial charge on any atom is -0.373 e. The highest BCUT2D eigenvalue weighted by molar-refractivity contribution is 6.30. The Labute approximate surface area is 188 Å². The second kappa shape index (κ2) is 8.11. The molecule has 1 aliphatic rings. The minimum atomic E-state index is -0.538. The third-order valence-electron chi connectivity index (χ3n) is 5.81. The Morgan fingerprint density at radius 3 is 2.88 bits per heavy atom. The van der Waals surface area contributed by atoms with Gasteiger partial charge in [-0.1, -0.05) is 11.6 Å². The van der Waals surface area contributed by atoms with Gasteiger partial charge in [0.15, 0.2) is 0 Å². The summed E-state index contributed by atoms with van der Waals surface area (Å²) in [5, 5.41) is 4.78. The van der Waals surface area contributed by atoms with Gasteiger partial charge in [-0.25, -0.2) is 9.37 Å². The van der Waals surface area contributed by atoms with Crippen LogP contribution in [0.4, 0.5) is 4.39 Å². The minimum absolute atomic E-state index is 0.0638. The number of aromatic nitrogens is 5. The number of nitrogens with one attached hydrogen (secondary N) is 1. The van der Waals surface area contributed by atoms with E-state index in [1.54, 1.807) is 29.9 Å². The molecule has 0 amide bonds. The van der Waals surface area contributed by atoms with E-state index in [2.05, 4.69) is 15.1 Å². The molecule has 1 aromatic carbocycles. The molecule has 1 aliphatic heterocycles. The zero-order valence-electron chi connectivity index (χ0n) is 17.6. The van der Waals surface area contributed by atoms with Gasteiger partial charge in [0.1, 0.15) is 11.6 Å². The number of halogens is 2. The highest BCUT2D eigenvalue weighted by Gasteiger charge is 2.28. The molecule has 0 saturated carbocycles. The molecule has 0 aliphatic carbocycles. The van der Waals surface area contributed by atoms with E-state index in [-0.39, 0.29) is 39.2 Å². The second-order valence-electron chi connectivity index (χ2n) is 8.09. The molecule has 7 nitrogen and oxygen atoms in total. The first kappa shape index (κ1) is 20.8. The number of nitrogens with zero attached hydrogens (tertiary/aromatic N) is 4. The number of benzene rings is 1. The number of rotatable bonds is 3. The molecule has 1 fully saturated rings. The van der Waals surface area contributed by atoms with Gasteiger partial charge in [0.05, 0.1) is 28.9 Å². The van der Waals surface area contributed by atoms with Crippen molar-refractivity contribution in [2.45, 2.75) is 31.8 Å². The summed E-state index contributed by atoms with van der Waals surface area (Å²) in [6, 6.07) is 6.19. The third kappa shape index (κ3) is 3.80. The Kier molecular flexibility index (Phi) is 5.27. The van der Waals surface area contributed by atoms with Gasteiger partial charge in [-0.05, 0) is 44.0 Å². The van der Waals surface area contributed by atoms with Crippen molar-refractivity contribution < 1.29 is 9.13 Å². The van der Waals surface area contributed by atoms with Crippen molar-refractivity contribution in [2.75, 3.05) is 6.61 Å². The molecule has 164 valence electrons. The van der Waals surface area contributed by atoms with E-state index in [0.717, 1.165) is 17.7 Å². The van der Waals surface area contributed by atoms with Gasteiger partial charge in [0.25, 0.3) is 5.56 Å². The number of hydrogen-bond acceptors (Lipinski definition) is 5. The Morgan fingerprint density at radius 2 is 2.12 bits per heavy atom. The first-order valence-electron chi connectivity index (χ1n) is 10.4. The standard InChI is InChI=1S/C23H21ClFN5O2/c1-12-27-19-9-18(13-5-6-32-20(7-13)14-10-26-30(2)11-14)29-22(21(19)23(31)28-12)16-4-3-15(24)8-17(16)25/h3-4,8-11,13,20H,5-7H2,1-2H3,(H,27,28,31)/t13-,20+/m1/s1. The smallest absolute Gasteiger partial charge is 0.260 e. The Bertz CT molecular complexity index is 1380. The fourth-order valence-electron chi connectivity index (χ4n) is 4.29. The first-order valence-corrected chi connectivity index (χ1v) is 10.7. The van der Waals surface area contributed by atoms with Crippen LogP contribution in [0.25, 0.3) is 22.2 Å². The fraction of sp³-hybridized carbons (Fsp3) is 0.304. The van der Waals surface area contributed by atoms with Crippen LogP contribution in [-0.4, -0.2) is 31.3 Å². The van der Waals surface area contributed by atoms with E-state index >= 15 is 0 Å². The van der Waals surface area contributed by atoms with Crippen LogP contribution in [-0.2, 0) is 11.8 Å². The maximum absolute atomic E-state index is 14.8. The number of pyridine rings is 1. The lowest BCUT2D eigenvalue weighted by Crippen LogP contribution is -2.20. The predicted octanol–water partition coefficient (Wildman–Crippen LogP) is 4.45. The van der Waals surface area contributed by atoms with E-state index in [1.807, 2.05) is 19.3 Å². The summed E-state index contributed by atoms with van der Waals surface area (Å²) in [6.07, 6.45) is 5.11. The van der Waals surface area contributed by atoms with Gasteiger partial charge in [0.2, 0.25) is 0 Å². The van der Waals surface area contributed by atoms with Crippen molar-refractivity contribution in [2.24, 2.45) is 7.05 Å². The third-order valence-corrected chi connectivity index (χ3v) is 6.05. The number of hydrogen-bond donors (Lipinski definition) is 1. The van der Waals surface area contributed by atoms with Gasteiger partial charge in [-0.15, -0.1) is 0 Å². The average molecular weight is 454 g/mol. The van der Waals surface area contributed by atoms with Crippen LogP contribution in [0.2, 0.25) is 5.02 Å². The number of aryl methyl sites for hydroxylation is 2. The SMILES string of the molecule is Cc1nc2cc([C@@H]3CCO[C@H](c4cnn(C)c4)C3)nc(-c3ccc(Cl)cc3F)c2c(=O)[nH]1. The monoisotopic (exact) mass is 453 g/mol. The summed E-state index contributed by atoms with van der Waals surface area (Å²) in [5.74, 6) is 0.0138. The number of fused-ring (bicyclic) bond motifs is 1. The van der Waals surface area contributed by atoms with Gasteiger partial charge in [-0.3, -0.25) is 14.5 Å². The molecule has 0 bridgehead atoms. The molecule has 32 heavy (non-hydrogen) atoms. The van der Waals surface area contributed by atoms with Gasteiger partial charge < -0.3 is 9.72 Å². The molecule has 1 saturated heterocycles. The lowest BCUT2D eigenvalue weighted by Gasteiger charge is -2.29. The van der Waals surface area contributed by atoms with Crippen molar-refractivity contribution in [3.63, 3.8) is 0 Å². The largest absolute Gasteiger partial charge is 0.373 e. The lowest BCUT2D eigenvalue weighted by molar-refractivity contribution is 0.00464. The normalized spacial score (nSPS) is 18.9. The van der Waals surface area contributed by atoms with Crippen LogP contribution in [0.5, 0.6) is 0 Å². The van der Waals surface area contributed by atoms with Crippen molar-refractivity contribution in [1.82, 2.24) is 24.7 Å². The lowest BCUT2D eigenvalue weighted by atomic mass is 9.89. The summed E-state index contributed by atoms with van der Waals surface area (Å²) in [5.41, 5.74) is 2.39. The maximum atomic E-state index is 14.8. The quantitative estimate of drug-likeness (QED) is 0.495. The van der Waals surface area contributed by atoms with Crippen LogP contribution in [0.15, 0.2) is 41.5 Å². The zero-order chi connectivity index (χ0) is 22.4. The molecule has 2 atom stereocenters. The van der Waals surface area contributed by atoms with Crippen LogP contribution in [0, 0.1) is 12.7 Å². The molecule has 3 aromatic heterocycles. The molecular formula is C23H21ClFN5O2. The zero-order valence-corrected chi connectivity index (χ0v) is 18.4. The number of ether oxygens (including phenoxy) is 1. The van der Waals surface area contributed by atoms with E-state index in [9.17, 15) is 9.18 Å². The van der Waals surface area contributed by atoms with E-state index in [1.165, 1.54) is 6.07 Å². The molecule has 4 aromatic rings. The van der Waals surface area contributed by atoms with Crippen LogP contribution in [0.1, 0.15) is 41.9 Å². The second-order valence-corrected chi connectivity index (χ2v) is 8.53. The first-order chi connectivity index (χ1) is 15.4. The van der Waals surface area contributed by atoms with Crippen molar-refractivity contribution in [3.8, 4) is 11.3 Å². The van der Waals surface area contributed by atoms with E-state index < -0.39 is 5.82 Å². The summed E-state index contributed by atoms with van der Waals surface area (Å²) >= 11 is 5.94. The van der Waals surface area contributed by atoms with Crippen LogP contribution in [0.3, 0.4) is 0 Å². The van der Waals surface area contributed by atoms with Crippen LogP contribution < -0.4 is 5.56 Å². The van der Waals surface area contributed by atoms with Gasteiger partial charge >= 0.3 is 0 Å². The Balaban J connectivity index is 1.64. The molecule has 1 N–H and O–H groups in total. The molecule has 0 spiro atoms. The summed E-state index contributed by atoms with van der Waals surface area (Å²) < 4.78 is 22.6. The molecule has 5 rings (SSSR count). The van der Waals surface area contributed by atoms with Crippen LogP contribution >= 0.6 is 11.6 Å². The Morgan fingerprint density at radius 1 is 1.28 bits per heavy atom. The molecular weight excluding hydrogens is 433 g/mol. The fourth-order valence-corrected chi connectivity index (χ4v) is 4.45. The van der Waals surface area contributed by atoms with E-state index in [0.29, 0.717) is 24.4 Å². The summed E-state index contributed by atoms with van der Waals surface area (Å²) in [6.45, 7) is 2.28. The van der Waals surface area contributed by atoms with Gasteiger partial charge in [-0.2, -0.15) is 5.10 Å². The van der Waals surface area contributed by atoms with E-state index in [4.69, 9.17) is 21.3 Å². The van der Waals surface area contributed by atoms with Crippen molar-refractivity contribution >= 4 is 22.5 Å². The average Bonchev–Trinajstić information content (AvgIpc) is 3.19. The molecule has 0 radical (unpaired) electrons. The number of aromatic amines is 1. The summed E-state index contributed by atoms with van der Waals surface area (Å²) in [7, 11) is 1.87.